The van der Waals surface area contributed by atoms with Crippen LogP contribution in [0.3, 0.4) is 0 Å². The Bertz CT molecular complexity index is 552. The van der Waals surface area contributed by atoms with Crippen LogP contribution in [0, 0.1) is 16.0 Å². The Kier molecular flexibility index (Phi) is 4.65. The molecule has 1 amide bonds. The van der Waals surface area contributed by atoms with Crippen LogP contribution < -0.4 is 0 Å². The number of carbonyl (C=O) groups is 1. The van der Waals surface area contributed by atoms with Gasteiger partial charge in [-0.3, -0.25) is 14.9 Å². The summed E-state index contributed by atoms with van der Waals surface area (Å²) in [5.41, 5.74) is -0.144. The Labute approximate surface area is 130 Å². The molecule has 0 aromatic heterocycles. The van der Waals surface area contributed by atoms with E-state index in [2.05, 4.69) is 22.9 Å². The number of rotatable bonds is 3. The fourth-order valence-electron chi connectivity index (χ4n) is 2.49. The van der Waals surface area contributed by atoms with Gasteiger partial charge in [0.25, 0.3) is 11.6 Å². The molecule has 5 nitrogen and oxygen atoms in total. The highest BCUT2D eigenvalue weighted by Gasteiger charge is 2.36. The second kappa shape index (κ2) is 6.10. The van der Waals surface area contributed by atoms with E-state index >= 15 is 0 Å². The van der Waals surface area contributed by atoms with Crippen molar-refractivity contribution in [1.82, 2.24) is 4.90 Å². The molecular weight excluding hydrogens is 348 g/mol. The van der Waals surface area contributed by atoms with Gasteiger partial charge in [0, 0.05) is 29.0 Å². The second-order valence-electron chi connectivity index (χ2n) is 4.90. The van der Waals surface area contributed by atoms with Gasteiger partial charge < -0.3 is 4.90 Å². The van der Waals surface area contributed by atoms with Crippen LogP contribution in [0.25, 0.3) is 0 Å². The van der Waals surface area contributed by atoms with Crippen LogP contribution in [0.4, 0.5) is 5.69 Å². The molecule has 2 atom stereocenters. The molecule has 1 aromatic carbocycles. The summed E-state index contributed by atoms with van der Waals surface area (Å²) in [6.45, 7) is 2.69. The molecule has 7 heteroatoms. The monoisotopic (exact) mass is 360 g/mol. The van der Waals surface area contributed by atoms with Crippen molar-refractivity contribution in [2.45, 2.75) is 19.4 Å². The highest BCUT2D eigenvalue weighted by atomic mass is 79.9. The number of nitro benzene ring substituents is 1. The molecule has 0 saturated carbocycles. The summed E-state index contributed by atoms with van der Waals surface area (Å²) in [7, 11) is 0. The maximum Gasteiger partial charge on any atom is 0.282 e. The van der Waals surface area contributed by atoms with E-state index in [4.69, 9.17) is 11.6 Å². The normalized spacial score (nSPS) is 22.1. The van der Waals surface area contributed by atoms with Crippen molar-refractivity contribution < 1.29 is 9.72 Å². The van der Waals surface area contributed by atoms with Crippen LogP contribution in [0.5, 0.6) is 0 Å². The van der Waals surface area contributed by atoms with Gasteiger partial charge in [0.2, 0.25) is 0 Å². The lowest BCUT2D eigenvalue weighted by Gasteiger charge is -2.25. The third kappa shape index (κ3) is 2.81. The topological polar surface area (TPSA) is 63.5 Å². The molecule has 0 N–H and O–H groups in total. The van der Waals surface area contributed by atoms with Crippen molar-refractivity contribution >= 4 is 39.1 Å². The predicted molar refractivity (Wildman–Crippen MR) is 80.5 cm³/mol. The number of nitrogens with zero attached hydrogens (tertiary/aromatic N) is 2. The SMILES string of the molecule is CC1CCN(C(=O)c2cc(Cl)ccc2[N+](=O)[O-])C1CBr. The fourth-order valence-corrected chi connectivity index (χ4v) is 3.65. The first-order chi connectivity index (χ1) is 9.45. The van der Waals surface area contributed by atoms with E-state index < -0.39 is 4.92 Å². The molecule has 1 aliphatic rings. The van der Waals surface area contributed by atoms with Gasteiger partial charge >= 0.3 is 0 Å². The van der Waals surface area contributed by atoms with Crippen LogP contribution in [-0.2, 0) is 0 Å². The first-order valence-electron chi connectivity index (χ1n) is 6.26. The highest BCUT2D eigenvalue weighted by molar-refractivity contribution is 9.09. The summed E-state index contributed by atoms with van der Waals surface area (Å²) in [4.78, 5) is 24.8. The molecule has 0 radical (unpaired) electrons. The van der Waals surface area contributed by atoms with Crippen molar-refractivity contribution in [1.29, 1.82) is 0 Å². The van der Waals surface area contributed by atoms with Gasteiger partial charge in [0.15, 0.2) is 0 Å². The zero-order valence-corrected chi connectivity index (χ0v) is 13.2. The number of hydrogen-bond donors (Lipinski definition) is 0. The Hall–Kier alpha value is -1.14. The quantitative estimate of drug-likeness (QED) is 0.470. The van der Waals surface area contributed by atoms with Crippen LogP contribution in [0.15, 0.2) is 18.2 Å². The van der Waals surface area contributed by atoms with Gasteiger partial charge in [-0.25, -0.2) is 0 Å². The van der Waals surface area contributed by atoms with E-state index in [-0.39, 0.29) is 23.2 Å². The number of carbonyl (C=O) groups excluding carboxylic acids is 1. The summed E-state index contributed by atoms with van der Waals surface area (Å²) in [5.74, 6) is 0.0459. The van der Waals surface area contributed by atoms with Crippen LogP contribution in [0.1, 0.15) is 23.7 Å². The summed E-state index contributed by atoms with van der Waals surface area (Å²) < 4.78 is 0. The van der Waals surface area contributed by atoms with Crippen molar-refractivity contribution in [2.75, 3.05) is 11.9 Å². The molecule has 108 valence electrons. The molecule has 2 unspecified atom stereocenters. The van der Waals surface area contributed by atoms with Gasteiger partial charge in [-0.15, -0.1) is 0 Å². The third-order valence-electron chi connectivity index (χ3n) is 3.69. The van der Waals surface area contributed by atoms with E-state index in [9.17, 15) is 14.9 Å². The minimum Gasteiger partial charge on any atom is -0.334 e. The minimum atomic E-state index is -0.549. The molecule has 2 rings (SSSR count). The van der Waals surface area contributed by atoms with Crippen LogP contribution >= 0.6 is 27.5 Å². The van der Waals surface area contributed by atoms with Gasteiger partial charge in [0.1, 0.15) is 5.56 Å². The number of hydrogen-bond acceptors (Lipinski definition) is 3. The van der Waals surface area contributed by atoms with Crippen molar-refractivity contribution in [3.05, 3.63) is 38.9 Å². The van der Waals surface area contributed by atoms with Gasteiger partial charge in [0.05, 0.1) is 4.92 Å². The molecule has 0 spiro atoms. The zero-order chi connectivity index (χ0) is 14.9. The molecule has 20 heavy (non-hydrogen) atoms. The van der Waals surface area contributed by atoms with Crippen molar-refractivity contribution in [3.63, 3.8) is 0 Å². The molecule has 0 bridgehead atoms. The van der Waals surface area contributed by atoms with E-state index in [1.807, 2.05) is 0 Å². The second-order valence-corrected chi connectivity index (χ2v) is 5.99. The first kappa shape index (κ1) is 15.3. The van der Waals surface area contributed by atoms with E-state index in [0.29, 0.717) is 22.8 Å². The number of likely N-dealkylation sites (tertiary alicyclic amines) is 1. The molecule has 1 heterocycles. The lowest BCUT2D eigenvalue weighted by molar-refractivity contribution is -0.385. The summed E-state index contributed by atoms with van der Waals surface area (Å²) in [6, 6.07) is 4.13. The fraction of sp³-hybridized carbons (Fsp3) is 0.462. The number of nitro groups is 1. The predicted octanol–water partition coefficient (Wildman–Crippen LogP) is 3.49. The summed E-state index contributed by atoms with van der Waals surface area (Å²) in [5, 5.41) is 12.0. The number of benzene rings is 1. The van der Waals surface area contributed by atoms with Gasteiger partial charge in [-0.1, -0.05) is 34.5 Å². The number of alkyl halides is 1. The smallest absolute Gasteiger partial charge is 0.282 e. The van der Waals surface area contributed by atoms with Gasteiger partial charge in [-0.2, -0.15) is 0 Å². The summed E-state index contributed by atoms with van der Waals surface area (Å²) in [6.07, 6.45) is 0.899. The third-order valence-corrected chi connectivity index (χ3v) is 4.59. The molecule has 1 fully saturated rings. The Balaban J connectivity index is 2.38. The first-order valence-corrected chi connectivity index (χ1v) is 7.76. The standard InChI is InChI=1S/C13H14BrClN2O3/c1-8-4-5-16(12(8)7-14)13(18)10-6-9(15)2-3-11(10)17(19)20/h2-3,6,8,12H,4-5,7H2,1H3. The average Bonchev–Trinajstić information content (AvgIpc) is 2.78. The number of halogens is 2. The Morgan fingerprint density at radius 3 is 2.90 bits per heavy atom. The van der Waals surface area contributed by atoms with Gasteiger partial charge in [-0.05, 0) is 24.5 Å². The lowest BCUT2D eigenvalue weighted by atomic mass is 10.0. The molecule has 1 aromatic rings. The Morgan fingerprint density at radius 1 is 1.60 bits per heavy atom. The van der Waals surface area contributed by atoms with E-state index in [1.54, 1.807) is 4.90 Å². The highest BCUT2D eigenvalue weighted by Crippen LogP contribution is 2.30. The van der Waals surface area contributed by atoms with E-state index in [1.165, 1.54) is 18.2 Å². The molecular formula is C13H14BrClN2O3. The Morgan fingerprint density at radius 2 is 2.30 bits per heavy atom. The van der Waals surface area contributed by atoms with E-state index in [0.717, 1.165) is 6.42 Å². The maximum absolute atomic E-state index is 12.6. The minimum absolute atomic E-state index is 0.0566. The lowest BCUT2D eigenvalue weighted by Crippen LogP contribution is -2.38. The summed E-state index contributed by atoms with van der Waals surface area (Å²) >= 11 is 9.27. The average molecular weight is 362 g/mol. The van der Waals surface area contributed by atoms with Crippen LogP contribution in [0.2, 0.25) is 5.02 Å². The molecule has 0 aliphatic carbocycles. The van der Waals surface area contributed by atoms with Crippen molar-refractivity contribution in [2.24, 2.45) is 5.92 Å². The zero-order valence-electron chi connectivity index (χ0n) is 10.9. The number of amides is 1. The van der Waals surface area contributed by atoms with Crippen molar-refractivity contribution in [3.8, 4) is 0 Å². The molecule has 1 saturated heterocycles. The largest absolute Gasteiger partial charge is 0.334 e. The molecule has 1 aliphatic heterocycles. The maximum atomic E-state index is 12.6. The van der Waals surface area contributed by atoms with Crippen LogP contribution in [-0.4, -0.2) is 33.6 Å².